The third-order valence-corrected chi connectivity index (χ3v) is 2.46. The van der Waals surface area contributed by atoms with Gasteiger partial charge in [-0.05, 0) is 24.9 Å². The molecule has 1 heterocycles. The lowest BCUT2D eigenvalue weighted by molar-refractivity contribution is 0.518. The summed E-state index contributed by atoms with van der Waals surface area (Å²) in [7, 11) is 1.95. The van der Waals surface area contributed by atoms with Crippen molar-refractivity contribution in [3.05, 3.63) is 18.0 Å². The molecule has 0 amide bonds. The number of hydrogen-bond donors (Lipinski definition) is 1. The second kappa shape index (κ2) is 6.62. The van der Waals surface area contributed by atoms with Gasteiger partial charge in [0.2, 0.25) is 0 Å². The van der Waals surface area contributed by atoms with Gasteiger partial charge < -0.3 is 5.32 Å². The monoisotopic (exact) mass is 209 g/mol. The Hall–Kier alpha value is -0.830. The third-order valence-electron chi connectivity index (χ3n) is 2.46. The van der Waals surface area contributed by atoms with Gasteiger partial charge >= 0.3 is 0 Å². The van der Waals surface area contributed by atoms with E-state index in [1.54, 1.807) is 0 Å². The average Bonchev–Trinajstić information content (AvgIpc) is 2.57. The zero-order valence-corrected chi connectivity index (χ0v) is 10.2. The van der Waals surface area contributed by atoms with Gasteiger partial charge in [0, 0.05) is 19.8 Å². The molecule has 3 nitrogen and oxygen atoms in total. The van der Waals surface area contributed by atoms with Gasteiger partial charge in [0.25, 0.3) is 0 Å². The van der Waals surface area contributed by atoms with Crippen molar-refractivity contribution >= 4 is 0 Å². The average molecular weight is 209 g/mol. The number of nitrogens with zero attached hydrogens (tertiary/aromatic N) is 2. The highest BCUT2D eigenvalue weighted by atomic mass is 15.3. The van der Waals surface area contributed by atoms with Crippen LogP contribution in [0.3, 0.4) is 0 Å². The summed E-state index contributed by atoms with van der Waals surface area (Å²) < 4.78 is 1.84. The molecule has 0 aromatic carbocycles. The fourth-order valence-corrected chi connectivity index (χ4v) is 1.58. The van der Waals surface area contributed by atoms with Crippen LogP contribution in [0, 0.1) is 5.92 Å². The molecule has 1 N–H and O–H groups in total. The summed E-state index contributed by atoms with van der Waals surface area (Å²) in [4.78, 5) is 0. The highest BCUT2D eigenvalue weighted by Gasteiger charge is 1.96. The van der Waals surface area contributed by atoms with Crippen LogP contribution in [0.25, 0.3) is 0 Å². The van der Waals surface area contributed by atoms with Crippen LogP contribution in [0.1, 0.15) is 38.8 Å². The van der Waals surface area contributed by atoms with E-state index in [1.165, 1.54) is 19.3 Å². The first-order valence-corrected chi connectivity index (χ1v) is 5.87. The highest BCUT2D eigenvalue weighted by Crippen LogP contribution is 2.05. The van der Waals surface area contributed by atoms with Crippen LogP contribution >= 0.6 is 0 Å². The summed E-state index contributed by atoms with van der Waals surface area (Å²) in [6, 6.07) is 2.06. The zero-order valence-electron chi connectivity index (χ0n) is 10.2. The second-order valence-electron chi connectivity index (χ2n) is 4.55. The van der Waals surface area contributed by atoms with Crippen LogP contribution in [-0.4, -0.2) is 16.3 Å². The van der Waals surface area contributed by atoms with Gasteiger partial charge in [-0.15, -0.1) is 0 Å². The van der Waals surface area contributed by atoms with Gasteiger partial charge in [-0.25, -0.2) is 0 Å². The smallest absolute Gasteiger partial charge is 0.0762 e. The van der Waals surface area contributed by atoms with E-state index in [9.17, 15) is 0 Å². The minimum atomic E-state index is 0.834. The van der Waals surface area contributed by atoms with Gasteiger partial charge in [0.15, 0.2) is 0 Å². The largest absolute Gasteiger partial charge is 0.311 e. The molecule has 0 atom stereocenters. The molecular weight excluding hydrogens is 186 g/mol. The molecule has 15 heavy (non-hydrogen) atoms. The van der Waals surface area contributed by atoms with Crippen molar-refractivity contribution in [2.45, 2.75) is 39.7 Å². The molecular formula is C12H23N3. The zero-order chi connectivity index (χ0) is 11.1. The summed E-state index contributed by atoms with van der Waals surface area (Å²) in [5, 5.41) is 7.72. The number of unbranched alkanes of at least 4 members (excludes halogenated alkanes) is 1. The number of aromatic nitrogens is 2. The van der Waals surface area contributed by atoms with Crippen LogP contribution in [0.5, 0.6) is 0 Å². The maximum absolute atomic E-state index is 4.31. The van der Waals surface area contributed by atoms with Crippen molar-refractivity contribution in [3.8, 4) is 0 Å². The fourth-order valence-electron chi connectivity index (χ4n) is 1.58. The Morgan fingerprint density at radius 1 is 1.40 bits per heavy atom. The number of nitrogens with one attached hydrogen (secondary N) is 1. The number of aryl methyl sites for hydroxylation is 1. The van der Waals surface area contributed by atoms with Crippen LogP contribution < -0.4 is 5.32 Å². The van der Waals surface area contributed by atoms with E-state index in [1.807, 2.05) is 17.9 Å². The summed E-state index contributed by atoms with van der Waals surface area (Å²) in [6.07, 6.45) is 5.92. The van der Waals surface area contributed by atoms with E-state index in [2.05, 4.69) is 30.3 Å². The normalized spacial score (nSPS) is 11.2. The van der Waals surface area contributed by atoms with Crippen LogP contribution in [-0.2, 0) is 13.6 Å². The Kier molecular flexibility index (Phi) is 5.40. The maximum Gasteiger partial charge on any atom is 0.0762 e. The Balaban J connectivity index is 1.98. The summed E-state index contributed by atoms with van der Waals surface area (Å²) >= 11 is 0. The highest BCUT2D eigenvalue weighted by molar-refractivity contribution is 4.97. The lowest BCUT2D eigenvalue weighted by Gasteiger charge is -2.04. The molecule has 0 unspecified atom stereocenters. The van der Waals surface area contributed by atoms with Gasteiger partial charge in [-0.1, -0.05) is 26.7 Å². The molecule has 0 saturated carbocycles. The molecule has 0 aliphatic carbocycles. The minimum Gasteiger partial charge on any atom is -0.311 e. The van der Waals surface area contributed by atoms with E-state index < -0.39 is 0 Å². The standard InChI is InChI=1S/C12H23N3/c1-11(2)6-4-5-8-13-10-12-7-9-15(3)14-12/h7,9,11,13H,4-6,8,10H2,1-3H3. The van der Waals surface area contributed by atoms with Crippen LogP contribution in [0.15, 0.2) is 12.3 Å². The molecule has 0 aliphatic rings. The molecule has 0 spiro atoms. The van der Waals surface area contributed by atoms with Crippen LogP contribution in [0.4, 0.5) is 0 Å². The summed E-state index contributed by atoms with van der Waals surface area (Å²) in [5.41, 5.74) is 1.13. The summed E-state index contributed by atoms with van der Waals surface area (Å²) in [6.45, 7) is 6.55. The second-order valence-corrected chi connectivity index (χ2v) is 4.55. The first kappa shape index (κ1) is 12.2. The van der Waals surface area contributed by atoms with Crippen molar-refractivity contribution in [1.82, 2.24) is 15.1 Å². The van der Waals surface area contributed by atoms with Crippen LogP contribution in [0.2, 0.25) is 0 Å². The number of hydrogen-bond acceptors (Lipinski definition) is 2. The Labute approximate surface area is 92.9 Å². The Bertz CT molecular complexity index is 266. The molecule has 86 valence electrons. The van der Waals surface area contributed by atoms with E-state index in [0.717, 1.165) is 24.7 Å². The molecule has 1 aromatic rings. The quantitative estimate of drug-likeness (QED) is 0.699. The molecule has 0 saturated heterocycles. The molecule has 0 aliphatic heterocycles. The summed E-state index contributed by atoms with van der Waals surface area (Å²) in [5.74, 6) is 0.834. The SMILES string of the molecule is CC(C)CCCCNCc1ccn(C)n1. The van der Waals surface area contributed by atoms with Crippen molar-refractivity contribution in [3.63, 3.8) is 0 Å². The Morgan fingerprint density at radius 3 is 2.80 bits per heavy atom. The minimum absolute atomic E-state index is 0.834. The lowest BCUT2D eigenvalue weighted by Crippen LogP contribution is -2.15. The molecule has 1 rings (SSSR count). The Morgan fingerprint density at radius 2 is 2.20 bits per heavy atom. The van der Waals surface area contributed by atoms with Crippen molar-refractivity contribution in [2.24, 2.45) is 13.0 Å². The molecule has 0 bridgehead atoms. The molecule has 0 fully saturated rings. The van der Waals surface area contributed by atoms with Gasteiger partial charge in [0.05, 0.1) is 5.69 Å². The predicted octanol–water partition coefficient (Wildman–Crippen LogP) is 2.34. The van der Waals surface area contributed by atoms with Crippen molar-refractivity contribution in [2.75, 3.05) is 6.54 Å². The molecule has 0 radical (unpaired) electrons. The first-order valence-electron chi connectivity index (χ1n) is 5.87. The molecule has 3 heteroatoms. The van der Waals surface area contributed by atoms with E-state index >= 15 is 0 Å². The van der Waals surface area contributed by atoms with Crippen molar-refractivity contribution in [1.29, 1.82) is 0 Å². The topological polar surface area (TPSA) is 29.9 Å². The maximum atomic E-state index is 4.31. The first-order chi connectivity index (χ1) is 7.18. The predicted molar refractivity (Wildman–Crippen MR) is 63.6 cm³/mol. The van der Waals surface area contributed by atoms with Gasteiger partial charge in [-0.3, -0.25) is 4.68 Å². The van der Waals surface area contributed by atoms with Crippen molar-refractivity contribution < 1.29 is 0 Å². The fraction of sp³-hybridized carbons (Fsp3) is 0.750. The van der Waals surface area contributed by atoms with Gasteiger partial charge in [0.1, 0.15) is 0 Å². The third kappa shape index (κ3) is 5.57. The lowest BCUT2D eigenvalue weighted by atomic mass is 10.1. The van der Waals surface area contributed by atoms with E-state index in [0.29, 0.717) is 0 Å². The molecule has 1 aromatic heterocycles. The van der Waals surface area contributed by atoms with E-state index in [-0.39, 0.29) is 0 Å². The number of rotatable bonds is 7. The van der Waals surface area contributed by atoms with E-state index in [4.69, 9.17) is 0 Å². The van der Waals surface area contributed by atoms with Gasteiger partial charge in [-0.2, -0.15) is 5.10 Å².